The first kappa shape index (κ1) is 26.5. The molecule has 0 saturated heterocycles. The highest BCUT2D eigenvalue weighted by molar-refractivity contribution is 6.01. The van der Waals surface area contributed by atoms with E-state index in [2.05, 4.69) is 58.3 Å². The van der Waals surface area contributed by atoms with Gasteiger partial charge < -0.3 is 9.80 Å². The van der Waals surface area contributed by atoms with Gasteiger partial charge in [0.1, 0.15) is 0 Å². The summed E-state index contributed by atoms with van der Waals surface area (Å²) in [6.45, 7) is 20.9. The second-order valence-electron chi connectivity index (χ2n) is 9.16. The number of carbonyl (C=O) groups excluding carboxylic acids is 2. The molecule has 0 N–H and O–H groups in total. The molecule has 4 nitrogen and oxygen atoms in total. The highest BCUT2D eigenvalue weighted by Gasteiger charge is 2.20. The molecule has 0 bridgehead atoms. The van der Waals surface area contributed by atoms with Crippen LogP contribution >= 0.6 is 0 Å². The van der Waals surface area contributed by atoms with Gasteiger partial charge in [0.05, 0.1) is 0 Å². The van der Waals surface area contributed by atoms with E-state index >= 15 is 0 Å². The van der Waals surface area contributed by atoms with Gasteiger partial charge in [0.15, 0.2) is 11.6 Å². The zero-order chi connectivity index (χ0) is 22.7. The number of rotatable bonds is 14. The minimum atomic E-state index is -0.103. The summed E-state index contributed by atoms with van der Waals surface area (Å²) >= 11 is 0. The Morgan fingerprint density at radius 2 is 1.07 bits per heavy atom. The van der Waals surface area contributed by atoms with Crippen LogP contribution in [0.1, 0.15) is 100 Å². The fraction of sp³-hybridized carbons (Fsp3) is 0.692. The van der Waals surface area contributed by atoms with Gasteiger partial charge in [0.2, 0.25) is 0 Å². The Labute approximate surface area is 185 Å². The van der Waals surface area contributed by atoms with Crippen LogP contribution in [0.25, 0.3) is 0 Å². The van der Waals surface area contributed by atoms with Gasteiger partial charge in [0, 0.05) is 24.0 Å². The molecule has 0 fully saturated rings. The summed E-state index contributed by atoms with van der Waals surface area (Å²) in [4.78, 5) is 30.5. The molecule has 0 amide bonds. The Bertz CT molecular complexity index is 620. The lowest BCUT2D eigenvalue weighted by molar-refractivity contribution is 0.0974. The number of hydrogen-bond donors (Lipinski definition) is 0. The highest BCUT2D eigenvalue weighted by atomic mass is 16.1. The van der Waals surface area contributed by atoms with Gasteiger partial charge in [-0.2, -0.15) is 0 Å². The van der Waals surface area contributed by atoms with Crippen molar-refractivity contribution in [3.8, 4) is 0 Å². The van der Waals surface area contributed by atoms with Crippen molar-refractivity contribution in [2.75, 3.05) is 39.3 Å². The minimum Gasteiger partial charge on any atom is -0.304 e. The van der Waals surface area contributed by atoms with E-state index in [0.29, 0.717) is 24.0 Å². The number of Topliss-reactive ketones (excluding diaryl/α,β-unsaturated/α-hetero) is 2. The lowest BCUT2D eigenvalue weighted by Crippen LogP contribution is -2.24. The third-order valence-corrected chi connectivity index (χ3v) is 5.99. The molecule has 0 atom stereocenters. The van der Waals surface area contributed by atoms with Crippen LogP contribution in [0.3, 0.4) is 0 Å². The highest BCUT2D eigenvalue weighted by Crippen LogP contribution is 2.26. The van der Waals surface area contributed by atoms with E-state index in [1.807, 2.05) is 18.2 Å². The van der Waals surface area contributed by atoms with Gasteiger partial charge in [-0.1, -0.05) is 48.5 Å². The maximum atomic E-state index is 12.9. The summed E-state index contributed by atoms with van der Waals surface area (Å²) < 4.78 is 0. The fourth-order valence-corrected chi connectivity index (χ4v) is 3.68. The summed E-state index contributed by atoms with van der Waals surface area (Å²) in [6.07, 6.45) is 2.76. The molecule has 0 heterocycles. The van der Waals surface area contributed by atoms with E-state index in [4.69, 9.17) is 0 Å². The number of hydrogen-bond acceptors (Lipinski definition) is 4. The minimum absolute atomic E-state index is 0.103. The van der Waals surface area contributed by atoms with Crippen molar-refractivity contribution in [1.82, 2.24) is 9.80 Å². The number of nitrogens with zero attached hydrogens (tertiary/aromatic N) is 2. The van der Waals surface area contributed by atoms with Crippen molar-refractivity contribution >= 4 is 11.6 Å². The lowest BCUT2D eigenvalue weighted by atomic mass is 9.83. The van der Waals surface area contributed by atoms with Crippen molar-refractivity contribution in [2.24, 2.45) is 0 Å². The molecular weight excluding hydrogens is 372 g/mol. The second kappa shape index (κ2) is 13.0. The smallest absolute Gasteiger partial charge is 0.162 e. The molecule has 0 aromatic heterocycles. The predicted octanol–water partition coefficient (Wildman–Crippen LogP) is 5.59. The molecule has 0 spiro atoms. The second-order valence-corrected chi connectivity index (χ2v) is 9.16. The van der Waals surface area contributed by atoms with E-state index in [0.717, 1.165) is 57.7 Å². The predicted molar refractivity (Wildman–Crippen MR) is 128 cm³/mol. The quantitative estimate of drug-likeness (QED) is 0.371. The van der Waals surface area contributed by atoms with Crippen LogP contribution in [0.15, 0.2) is 18.2 Å². The molecule has 1 aromatic carbocycles. The fourth-order valence-electron chi connectivity index (χ4n) is 3.68. The van der Waals surface area contributed by atoms with E-state index in [9.17, 15) is 9.59 Å². The van der Waals surface area contributed by atoms with Crippen LogP contribution in [0, 0.1) is 0 Å². The monoisotopic (exact) mass is 416 g/mol. The van der Waals surface area contributed by atoms with Gasteiger partial charge >= 0.3 is 0 Å². The summed E-state index contributed by atoms with van der Waals surface area (Å²) in [5.74, 6) is 0.288. The van der Waals surface area contributed by atoms with Gasteiger partial charge in [-0.05, 0) is 81.3 Å². The van der Waals surface area contributed by atoms with Crippen molar-refractivity contribution in [3.63, 3.8) is 0 Å². The summed E-state index contributed by atoms with van der Waals surface area (Å²) in [7, 11) is 0. The Morgan fingerprint density at radius 3 is 1.37 bits per heavy atom. The summed E-state index contributed by atoms with van der Waals surface area (Å²) in [5.41, 5.74) is 2.33. The van der Waals surface area contributed by atoms with Gasteiger partial charge in [-0.15, -0.1) is 0 Å². The molecule has 1 aromatic rings. The SMILES string of the molecule is CCN(CC)CCCC(=O)c1cc(C(=O)CCCN(CC)CC)cc(C(C)(C)C)c1. The van der Waals surface area contributed by atoms with Gasteiger partial charge in [-0.3, -0.25) is 9.59 Å². The first-order valence-electron chi connectivity index (χ1n) is 11.8. The normalized spacial score (nSPS) is 12.0. The van der Waals surface area contributed by atoms with E-state index < -0.39 is 0 Å². The van der Waals surface area contributed by atoms with Crippen molar-refractivity contribution in [3.05, 3.63) is 34.9 Å². The van der Waals surface area contributed by atoms with Crippen LogP contribution in [0.2, 0.25) is 0 Å². The van der Waals surface area contributed by atoms with Gasteiger partial charge in [0.25, 0.3) is 0 Å². The van der Waals surface area contributed by atoms with E-state index in [1.165, 1.54) is 0 Å². The zero-order valence-electron chi connectivity index (χ0n) is 20.5. The average molecular weight is 417 g/mol. The number of carbonyl (C=O) groups is 2. The van der Waals surface area contributed by atoms with Crippen LogP contribution in [-0.2, 0) is 5.41 Å². The molecule has 0 saturated carbocycles. The third kappa shape index (κ3) is 8.69. The van der Waals surface area contributed by atoms with Crippen LogP contribution in [0.4, 0.5) is 0 Å². The molecule has 170 valence electrons. The van der Waals surface area contributed by atoms with Crippen LogP contribution < -0.4 is 0 Å². The average Bonchev–Trinajstić information content (AvgIpc) is 2.73. The number of ketones is 2. The van der Waals surface area contributed by atoms with E-state index in [-0.39, 0.29) is 17.0 Å². The molecule has 0 unspecified atom stereocenters. The van der Waals surface area contributed by atoms with Gasteiger partial charge in [-0.25, -0.2) is 0 Å². The molecule has 0 radical (unpaired) electrons. The maximum absolute atomic E-state index is 12.9. The van der Waals surface area contributed by atoms with Crippen LogP contribution in [-0.4, -0.2) is 60.6 Å². The topological polar surface area (TPSA) is 40.6 Å². The van der Waals surface area contributed by atoms with E-state index in [1.54, 1.807) is 0 Å². The van der Waals surface area contributed by atoms with Crippen LogP contribution in [0.5, 0.6) is 0 Å². The molecule has 4 heteroatoms. The first-order chi connectivity index (χ1) is 14.2. The molecule has 0 aliphatic heterocycles. The first-order valence-corrected chi connectivity index (χ1v) is 11.8. The number of benzene rings is 1. The lowest BCUT2D eigenvalue weighted by Gasteiger charge is -2.21. The van der Waals surface area contributed by atoms with Crippen molar-refractivity contribution in [1.29, 1.82) is 0 Å². The standard InChI is InChI=1S/C26H44N2O2/c1-8-27(9-2)16-12-14-24(29)21-18-22(20-23(19-21)26(5,6)7)25(30)15-13-17-28(10-3)11-4/h18-20H,8-17H2,1-7H3. The Morgan fingerprint density at radius 1 is 0.700 bits per heavy atom. The largest absolute Gasteiger partial charge is 0.304 e. The summed E-state index contributed by atoms with van der Waals surface area (Å²) in [6, 6.07) is 5.81. The molecule has 30 heavy (non-hydrogen) atoms. The summed E-state index contributed by atoms with van der Waals surface area (Å²) in [5, 5.41) is 0. The molecule has 1 rings (SSSR count). The third-order valence-electron chi connectivity index (χ3n) is 5.99. The molecule has 0 aliphatic carbocycles. The molecular formula is C26H44N2O2. The maximum Gasteiger partial charge on any atom is 0.162 e. The Balaban J connectivity index is 2.92. The zero-order valence-corrected chi connectivity index (χ0v) is 20.5. The Hall–Kier alpha value is -1.52. The molecule has 0 aliphatic rings. The van der Waals surface area contributed by atoms with Crippen molar-refractivity contribution < 1.29 is 9.59 Å². The Kier molecular flexibility index (Phi) is 11.5. The van der Waals surface area contributed by atoms with Crippen molar-refractivity contribution in [2.45, 2.75) is 79.6 Å².